The SMILES string of the molecule is CC(C)CCCCCCNC(=O)N1CCCC(C(=O)O)C1. The Morgan fingerprint density at radius 1 is 1.24 bits per heavy atom. The minimum atomic E-state index is -0.794. The number of aliphatic carboxylic acids is 1. The van der Waals surface area contributed by atoms with Crippen LogP contribution in [-0.4, -0.2) is 41.6 Å². The first-order valence-electron chi connectivity index (χ1n) is 8.26. The summed E-state index contributed by atoms with van der Waals surface area (Å²) < 4.78 is 0. The lowest BCUT2D eigenvalue weighted by atomic mass is 9.99. The van der Waals surface area contributed by atoms with Crippen LogP contribution in [0.3, 0.4) is 0 Å². The number of hydrogen-bond acceptors (Lipinski definition) is 2. The number of likely N-dealkylation sites (tertiary alicyclic amines) is 1. The molecular formula is C16H30N2O3. The van der Waals surface area contributed by atoms with Crippen LogP contribution in [0.4, 0.5) is 4.79 Å². The number of urea groups is 1. The number of carboxylic acids is 1. The molecule has 0 spiro atoms. The Labute approximate surface area is 128 Å². The molecule has 1 atom stereocenters. The Morgan fingerprint density at radius 3 is 2.62 bits per heavy atom. The van der Waals surface area contributed by atoms with E-state index in [1.165, 1.54) is 19.3 Å². The summed E-state index contributed by atoms with van der Waals surface area (Å²) in [5.41, 5.74) is 0. The zero-order valence-corrected chi connectivity index (χ0v) is 13.4. The van der Waals surface area contributed by atoms with Gasteiger partial charge in [-0.15, -0.1) is 0 Å². The predicted octanol–water partition coefficient (Wildman–Crippen LogP) is 3.10. The highest BCUT2D eigenvalue weighted by Crippen LogP contribution is 2.16. The van der Waals surface area contributed by atoms with E-state index in [1.807, 2.05) is 0 Å². The number of rotatable bonds is 8. The molecule has 5 heteroatoms. The second kappa shape index (κ2) is 9.64. The summed E-state index contributed by atoms with van der Waals surface area (Å²) in [7, 11) is 0. The summed E-state index contributed by atoms with van der Waals surface area (Å²) >= 11 is 0. The third-order valence-corrected chi connectivity index (χ3v) is 4.04. The van der Waals surface area contributed by atoms with Gasteiger partial charge in [-0.25, -0.2) is 4.79 Å². The van der Waals surface area contributed by atoms with Gasteiger partial charge in [0, 0.05) is 19.6 Å². The van der Waals surface area contributed by atoms with Crippen molar-refractivity contribution < 1.29 is 14.7 Å². The van der Waals surface area contributed by atoms with Crippen LogP contribution in [0.25, 0.3) is 0 Å². The lowest BCUT2D eigenvalue weighted by Crippen LogP contribution is -2.47. The van der Waals surface area contributed by atoms with Crippen molar-refractivity contribution in [2.75, 3.05) is 19.6 Å². The van der Waals surface area contributed by atoms with E-state index in [0.29, 0.717) is 26.1 Å². The van der Waals surface area contributed by atoms with Crippen LogP contribution in [0.5, 0.6) is 0 Å². The van der Waals surface area contributed by atoms with Gasteiger partial charge in [0.2, 0.25) is 0 Å². The molecule has 0 saturated carbocycles. The van der Waals surface area contributed by atoms with Gasteiger partial charge in [-0.1, -0.05) is 39.5 Å². The zero-order valence-electron chi connectivity index (χ0n) is 13.4. The molecule has 0 radical (unpaired) electrons. The minimum Gasteiger partial charge on any atom is -0.481 e. The number of nitrogens with zero attached hydrogens (tertiary/aromatic N) is 1. The molecule has 2 N–H and O–H groups in total. The van der Waals surface area contributed by atoms with Gasteiger partial charge in [0.25, 0.3) is 0 Å². The second-order valence-electron chi connectivity index (χ2n) is 6.45. The van der Waals surface area contributed by atoms with Gasteiger partial charge >= 0.3 is 12.0 Å². The van der Waals surface area contributed by atoms with E-state index in [4.69, 9.17) is 5.11 Å². The highest BCUT2D eigenvalue weighted by molar-refractivity contribution is 5.76. The quantitative estimate of drug-likeness (QED) is 0.676. The number of carbonyl (C=O) groups is 2. The first-order chi connectivity index (χ1) is 10.0. The summed E-state index contributed by atoms with van der Waals surface area (Å²) in [6.45, 7) is 6.18. The molecule has 0 aromatic rings. The molecule has 2 amide bonds. The van der Waals surface area contributed by atoms with Crippen LogP contribution in [0.15, 0.2) is 0 Å². The molecule has 1 aliphatic heterocycles. The molecule has 0 bridgehead atoms. The summed E-state index contributed by atoms with van der Waals surface area (Å²) in [5, 5.41) is 11.9. The molecule has 1 unspecified atom stereocenters. The van der Waals surface area contributed by atoms with Crippen LogP contribution in [0.2, 0.25) is 0 Å². The fraction of sp³-hybridized carbons (Fsp3) is 0.875. The number of carbonyl (C=O) groups excluding carboxylic acids is 1. The lowest BCUT2D eigenvalue weighted by Gasteiger charge is -2.30. The standard InChI is InChI=1S/C16H30N2O3/c1-13(2)8-5-3-4-6-10-17-16(21)18-11-7-9-14(12-18)15(19)20/h13-14H,3-12H2,1-2H3,(H,17,21)(H,19,20). The average molecular weight is 298 g/mol. The maximum Gasteiger partial charge on any atom is 0.317 e. The van der Waals surface area contributed by atoms with Crippen LogP contribution >= 0.6 is 0 Å². The third kappa shape index (κ3) is 7.34. The fourth-order valence-electron chi connectivity index (χ4n) is 2.70. The van der Waals surface area contributed by atoms with Crippen molar-refractivity contribution in [3.63, 3.8) is 0 Å². The number of carboxylic acid groups (broad SMARTS) is 1. The molecule has 0 aliphatic carbocycles. The van der Waals surface area contributed by atoms with E-state index in [2.05, 4.69) is 19.2 Å². The first kappa shape index (κ1) is 17.8. The van der Waals surface area contributed by atoms with Crippen molar-refractivity contribution in [3.8, 4) is 0 Å². The topological polar surface area (TPSA) is 69.6 Å². The minimum absolute atomic E-state index is 0.108. The van der Waals surface area contributed by atoms with Crippen molar-refractivity contribution >= 4 is 12.0 Å². The van der Waals surface area contributed by atoms with Gasteiger partial charge in [-0.05, 0) is 25.2 Å². The molecule has 0 aromatic carbocycles. The number of unbranched alkanes of at least 4 members (excludes halogenated alkanes) is 3. The number of nitrogens with one attached hydrogen (secondary N) is 1. The number of piperidine rings is 1. The first-order valence-corrected chi connectivity index (χ1v) is 8.26. The largest absolute Gasteiger partial charge is 0.481 e. The smallest absolute Gasteiger partial charge is 0.317 e. The Hall–Kier alpha value is -1.26. The van der Waals surface area contributed by atoms with E-state index < -0.39 is 11.9 Å². The molecule has 21 heavy (non-hydrogen) atoms. The molecule has 1 aliphatic rings. The van der Waals surface area contributed by atoms with E-state index >= 15 is 0 Å². The Morgan fingerprint density at radius 2 is 1.95 bits per heavy atom. The molecule has 1 heterocycles. The van der Waals surface area contributed by atoms with E-state index in [9.17, 15) is 9.59 Å². The van der Waals surface area contributed by atoms with Gasteiger partial charge in [0.15, 0.2) is 0 Å². The van der Waals surface area contributed by atoms with Crippen molar-refractivity contribution in [2.24, 2.45) is 11.8 Å². The van der Waals surface area contributed by atoms with Crippen LogP contribution < -0.4 is 5.32 Å². The predicted molar refractivity (Wildman–Crippen MR) is 83.3 cm³/mol. The highest BCUT2D eigenvalue weighted by Gasteiger charge is 2.27. The van der Waals surface area contributed by atoms with Crippen molar-refractivity contribution in [1.29, 1.82) is 0 Å². The van der Waals surface area contributed by atoms with Gasteiger partial charge in [0.05, 0.1) is 5.92 Å². The lowest BCUT2D eigenvalue weighted by molar-refractivity contribution is -0.143. The van der Waals surface area contributed by atoms with Gasteiger partial charge in [-0.3, -0.25) is 4.79 Å². The maximum atomic E-state index is 12.0. The molecular weight excluding hydrogens is 268 g/mol. The monoisotopic (exact) mass is 298 g/mol. The van der Waals surface area contributed by atoms with E-state index in [-0.39, 0.29) is 6.03 Å². The van der Waals surface area contributed by atoms with E-state index in [0.717, 1.165) is 25.2 Å². The number of hydrogen-bond donors (Lipinski definition) is 2. The summed E-state index contributed by atoms with van der Waals surface area (Å²) in [5.74, 6) is -0.427. The van der Waals surface area contributed by atoms with Crippen molar-refractivity contribution in [1.82, 2.24) is 10.2 Å². The Balaban J connectivity index is 2.09. The zero-order chi connectivity index (χ0) is 15.7. The number of amides is 2. The van der Waals surface area contributed by atoms with Crippen LogP contribution in [0, 0.1) is 11.8 Å². The van der Waals surface area contributed by atoms with Gasteiger partial charge < -0.3 is 15.3 Å². The van der Waals surface area contributed by atoms with Gasteiger partial charge in [-0.2, -0.15) is 0 Å². The van der Waals surface area contributed by atoms with Crippen molar-refractivity contribution in [2.45, 2.75) is 58.8 Å². The summed E-state index contributed by atoms with van der Waals surface area (Å²) in [6, 6.07) is -0.108. The highest BCUT2D eigenvalue weighted by atomic mass is 16.4. The van der Waals surface area contributed by atoms with Crippen LogP contribution in [0.1, 0.15) is 58.8 Å². The Bertz CT molecular complexity index is 331. The maximum absolute atomic E-state index is 12.0. The summed E-state index contributed by atoms with van der Waals surface area (Å²) in [4.78, 5) is 24.6. The van der Waals surface area contributed by atoms with Gasteiger partial charge in [0.1, 0.15) is 0 Å². The normalized spacial score (nSPS) is 18.8. The van der Waals surface area contributed by atoms with Crippen molar-refractivity contribution in [3.05, 3.63) is 0 Å². The molecule has 1 saturated heterocycles. The fourth-order valence-corrected chi connectivity index (χ4v) is 2.70. The molecule has 5 nitrogen and oxygen atoms in total. The van der Waals surface area contributed by atoms with E-state index in [1.54, 1.807) is 4.90 Å². The molecule has 1 fully saturated rings. The summed E-state index contributed by atoms with van der Waals surface area (Å²) in [6.07, 6.45) is 7.35. The van der Waals surface area contributed by atoms with Crippen LogP contribution in [-0.2, 0) is 4.79 Å². The third-order valence-electron chi connectivity index (χ3n) is 4.04. The molecule has 122 valence electrons. The second-order valence-corrected chi connectivity index (χ2v) is 6.45. The Kier molecular flexibility index (Phi) is 8.16. The molecule has 1 rings (SSSR count). The molecule has 0 aromatic heterocycles. The average Bonchev–Trinajstić information content (AvgIpc) is 2.45.